The summed E-state index contributed by atoms with van der Waals surface area (Å²) in [5, 5.41) is 3.18. The molecule has 7 nitrogen and oxygen atoms in total. The summed E-state index contributed by atoms with van der Waals surface area (Å²) in [4.78, 5) is 12.2. The Morgan fingerprint density at radius 3 is 3.14 bits per heavy atom. The van der Waals surface area contributed by atoms with Crippen LogP contribution in [0.4, 0.5) is 11.5 Å². The lowest BCUT2D eigenvalue weighted by molar-refractivity contribution is 0.120. The lowest BCUT2D eigenvalue weighted by Crippen LogP contribution is -2.19. The third kappa shape index (κ3) is 3.38. The summed E-state index contributed by atoms with van der Waals surface area (Å²) in [6.45, 7) is 1.49. The van der Waals surface area contributed by atoms with Gasteiger partial charge < -0.3 is 20.5 Å². The van der Waals surface area contributed by atoms with Crippen LogP contribution >= 0.6 is 0 Å². The molecule has 0 radical (unpaired) electrons. The fourth-order valence-corrected chi connectivity index (χ4v) is 2.14. The van der Waals surface area contributed by atoms with E-state index in [9.17, 15) is 0 Å². The summed E-state index contributed by atoms with van der Waals surface area (Å²) in [5.41, 5.74) is 6.42. The zero-order chi connectivity index (χ0) is 14.5. The van der Waals surface area contributed by atoms with E-state index in [1.54, 1.807) is 24.5 Å². The van der Waals surface area contributed by atoms with Gasteiger partial charge in [-0.3, -0.25) is 4.98 Å². The van der Waals surface area contributed by atoms with Crippen LogP contribution < -0.4 is 15.8 Å². The zero-order valence-electron chi connectivity index (χ0n) is 11.5. The fraction of sp³-hybridized carbons (Fsp3) is 0.357. The normalized spacial score (nSPS) is 17.6. The van der Waals surface area contributed by atoms with Gasteiger partial charge in [-0.1, -0.05) is 0 Å². The highest BCUT2D eigenvalue weighted by Crippen LogP contribution is 2.28. The number of ether oxygens (including phenoxy) is 2. The van der Waals surface area contributed by atoms with E-state index < -0.39 is 0 Å². The van der Waals surface area contributed by atoms with E-state index in [1.807, 2.05) is 0 Å². The number of nitrogens with zero attached hydrogens (tertiary/aromatic N) is 3. The van der Waals surface area contributed by atoms with E-state index in [0.29, 0.717) is 29.7 Å². The molecule has 7 heteroatoms. The standard InChI is InChI=1S/C14H17N5O2/c15-12-13(17-8-10-4-2-6-20-10)18-9-19-14(12)21-11-3-1-5-16-7-11/h1,3,5,7,9-10H,2,4,6,8,15H2,(H,17,18,19). The van der Waals surface area contributed by atoms with E-state index in [1.165, 1.54) is 6.33 Å². The van der Waals surface area contributed by atoms with Gasteiger partial charge in [0, 0.05) is 19.3 Å². The largest absolute Gasteiger partial charge is 0.435 e. The number of hydrogen-bond acceptors (Lipinski definition) is 7. The van der Waals surface area contributed by atoms with Crippen LogP contribution in [-0.4, -0.2) is 34.2 Å². The van der Waals surface area contributed by atoms with Gasteiger partial charge in [-0.25, -0.2) is 4.98 Å². The second-order valence-corrected chi connectivity index (χ2v) is 4.75. The van der Waals surface area contributed by atoms with E-state index in [2.05, 4.69) is 20.3 Å². The van der Waals surface area contributed by atoms with Crippen LogP contribution in [0.2, 0.25) is 0 Å². The Labute approximate surface area is 122 Å². The first-order chi connectivity index (χ1) is 10.3. The number of nitrogens with two attached hydrogens (primary N) is 1. The van der Waals surface area contributed by atoms with Crippen molar-refractivity contribution in [3.63, 3.8) is 0 Å². The minimum Gasteiger partial charge on any atom is -0.435 e. The summed E-state index contributed by atoms with van der Waals surface area (Å²) in [6.07, 6.45) is 7.05. The maximum atomic E-state index is 6.04. The van der Waals surface area contributed by atoms with Crippen molar-refractivity contribution in [2.24, 2.45) is 0 Å². The summed E-state index contributed by atoms with van der Waals surface area (Å²) >= 11 is 0. The second-order valence-electron chi connectivity index (χ2n) is 4.75. The number of aromatic nitrogens is 3. The molecule has 0 aromatic carbocycles. The van der Waals surface area contributed by atoms with E-state index in [4.69, 9.17) is 15.2 Å². The van der Waals surface area contributed by atoms with E-state index in [-0.39, 0.29) is 6.10 Å². The molecular weight excluding hydrogens is 270 g/mol. The number of rotatable bonds is 5. The van der Waals surface area contributed by atoms with E-state index in [0.717, 1.165) is 19.4 Å². The fourth-order valence-electron chi connectivity index (χ4n) is 2.14. The molecule has 1 atom stereocenters. The Kier molecular flexibility index (Phi) is 4.11. The number of nitrogens with one attached hydrogen (secondary N) is 1. The monoisotopic (exact) mass is 287 g/mol. The topological polar surface area (TPSA) is 95.2 Å². The first kappa shape index (κ1) is 13.6. The molecule has 3 N–H and O–H groups in total. The molecule has 1 aliphatic heterocycles. The summed E-state index contributed by atoms with van der Waals surface area (Å²) in [6, 6.07) is 3.57. The lowest BCUT2D eigenvalue weighted by atomic mass is 10.2. The molecule has 0 bridgehead atoms. The van der Waals surface area contributed by atoms with Crippen molar-refractivity contribution in [1.29, 1.82) is 0 Å². The highest BCUT2D eigenvalue weighted by Gasteiger charge is 2.17. The van der Waals surface area contributed by atoms with Crippen LogP contribution in [0.3, 0.4) is 0 Å². The molecule has 0 aliphatic carbocycles. The Hall–Kier alpha value is -2.41. The third-order valence-electron chi connectivity index (χ3n) is 3.22. The lowest BCUT2D eigenvalue weighted by Gasteiger charge is -2.14. The predicted molar refractivity (Wildman–Crippen MR) is 78.2 cm³/mol. The van der Waals surface area contributed by atoms with Crippen LogP contribution in [0.1, 0.15) is 12.8 Å². The van der Waals surface area contributed by atoms with Crippen molar-refractivity contribution in [1.82, 2.24) is 15.0 Å². The van der Waals surface area contributed by atoms with Crippen LogP contribution in [0.5, 0.6) is 11.6 Å². The molecule has 1 aliphatic rings. The van der Waals surface area contributed by atoms with Gasteiger partial charge in [0.2, 0.25) is 5.88 Å². The zero-order valence-corrected chi connectivity index (χ0v) is 11.5. The van der Waals surface area contributed by atoms with Gasteiger partial charge in [-0.2, -0.15) is 4.98 Å². The van der Waals surface area contributed by atoms with Crippen LogP contribution in [0.15, 0.2) is 30.9 Å². The Bertz CT molecular complexity index is 587. The highest BCUT2D eigenvalue weighted by molar-refractivity contribution is 5.66. The highest BCUT2D eigenvalue weighted by atomic mass is 16.5. The molecule has 0 amide bonds. The quantitative estimate of drug-likeness (QED) is 0.866. The molecule has 0 saturated carbocycles. The Morgan fingerprint density at radius 2 is 2.38 bits per heavy atom. The molecule has 1 saturated heterocycles. The minimum absolute atomic E-state index is 0.210. The van der Waals surface area contributed by atoms with Gasteiger partial charge in [0.05, 0.1) is 12.3 Å². The molecular formula is C14H17N5O2. The molecule has 3 rings (SSSR count). The maximum Gasteiger partial charge on any atom is 0.248 e. The van der Waals surface area contributed by atoms with Gasteiger partial charge in [0.15, 0.2) is 5.82 Å². The van der Waals surface area contributed by atoms with Gasteiger partial charge in [0.25, 0.3) is 0 Å². The van der Waals surface area contributed by atoms with Crippen molar-refractivity contribution in [2.75, 3.05) is 24.2 Å². The van der Waals surface area contributed by atoms with Gasteiger partial charge in [-0.15, -0.1) is 0 Å². The Balaban J connectivity index is 1.69. The molecule has 2 aromatic rings. The van der Waals surface area contributed by atoms with Crippen molar-refractivity contribution in [3.05, 3.63) is 30.9 Å². The molecule has 1 fully saturated rings. The molecule has 0 spiro atoms. The Morgan fingerprint density at radius 1 is 1.43 bits per heavy atom. The van der Waals surface area contributed by atoms with E-state index >= 15 is 0 Å². The average Bonchev–Trinajstić information content (AvgIpc) is 3.03. The third-order valence-corrected chi connectivity index (χ3v) is 3.22. The molecule has 1 unspecified atom stereocenters. The first-order valence-corrected chi connectivity index (χ1v) is 6.87. The number of anilines is 2. The maximum absolute atomic E-state index is 6.04. The minimum atomic E-state index is 0.210. The first-order valence-electron chi connectivity index (χ1n) is 6.87. The van der Waals surface area contributed by atoms with Crippen molar-refractivity contribution in [2.45, 2.75) is 18.9 Å². The number of pyridine rings is 1. The van der Waals surface area contributed by atoms with Crippen LogP contribution in [0.25, 0.3) is 0 Å². The van der Waals surface area contributed by atoms with Crippen molar-refractivity contribution in [3.8, 4) is 11.6 Å². The molecule has 110 valence electrons. The molecule has 2 aromatic heterocycles. The SMILES string of the molecule is Nc1c(NCC2CCCO2)ncnc1Oc1cccnc1. The average molecular weight is 287 g/mol. The van der Waals surface area contributed by atoms with Gasteiger partial charge in [0.1, 0.15) is 17.8 Å². The van der Waals surface area contributed by atoms with Crippen molar-refractivity contribution < 1.29 is 9.47 Å². The van der Waals surface area contributed by atoms with Crippen LogP contribution in [-0.2, 0) is 4.74 Å². The predicted octanol–water partition coefficient (Wildman–Crippen LogP) is 1.84. The summed E-state index contributed by atoms with van der Waals surface area (Å²) < 4.78 is 11.2. The smallest absolute Gasteiger partial charge is 0.248 e. The van der Waals surface area contributed by atoms with Gasteiger partial charge >= 0.3 is 0 Å². The number of hydrogen-bond donors (Lipinski definition) is 2. The van der Waals surface area contributed by atoms with Crippen molar-refractivity contribution >= 4 is 11.5 Å². The second kappa shape index (κ2) is 6.36. The summed E-state index contributed by atoms with van der Waals surface area (Å²) in [5.74, 6) is 1.44. The number of nitrogen functional groups attached to an aromatic ring is 1. The molecule has 21 heavy (non-hydrogen) atoms. The summed E-state index contributed by atoms with van der Waals surface area (Å²) in [7, 11) is 0. The van der Waals surface area contributed by atoms with Crippen LogP contribution in [0, 0.1) is 0 Å². The van der Waals surface area contributed by atoms with Gasteiger partial charge in [-0.05, 0) is 25.0 Å². The molecule has 3 heterocycles.